The van der Waals surface area contributed by atoms with Gasteiger partial charge < -0.3 is 5.73 Å². The third kappa shape index (κ3) is 1.79. The lowest BCUT2D eigenvalue weighted by Gasteiger charge is -2.13. The Hall–Kier alpha value is -0.370. The van der Waals surface area contributed by atoms with E-state index in [4.69, 9.17) is 5.73 Å². The molecular formula is C7H14N2. The summed E-state index contributed by atoms with van der Waals surface area (Å²) in [6.45, 7) is 3.00. The highest BCUT2D eigenvalue weighted by atomic mass is 14.8. The van der Waals surface area contributed by atoms with Crippen LogP contribution >= 0.6 is 0 Å². The van der Waals surface area contributed by atoms with Gasteiger partial charge in [0.05, 0.1) is 0 Å². The van der Waals surface area contributed by atoms with E-state index in [-0.39, 0.29) is 6.04 Å². The standard InChI is InChI=1S/C7H14N2/c1-6(8)7-4-2-3-5-9-7/h6H,2-5,8H2,1H3. The zero-order valence-corrected chi connectivity index (χ0v) is 5.93. The van der Waals surface area contributed by atoms with Crippen LogP contribution in [0.15, 0.2) is 4.99 Å². The normalized spacial score (nSPS) is 23.1. The molecule has 0 amide bonds. The fourth-order valence-electron chi connectivity index (χ4n) is 1.09. The molecule has 0 saturated heterocycles. The maximum atomic E-state index is 5.64. The number of nitrogens with two attached hydrogens (primary N) is 1. The molecular weight excluding hydrogens is 112 g/mol. The Kier molecular flexibility index (Phi) is 2.22. The highest BCUT2D eigenvalue weighted by molar-refractivity contribution is 5.89. The molecule has 2 heteroatoms. The molecule has 1 aliphatic rings. The predicted molar refractivity (Wildman–Crippen MR) is 39.8 cm³/mol. The van der Waals surface area contributed by atoms with Crippen LogP contribution in [0.4, 0.5) is 0 Å². The van der Waals surface area contributed by atoms with Crippen LogP contribution in [-0.4, -0.2) is 18.3 Å². The summed E-state index contributed by atoms with van der Waals surface area (Å²) in [5, 5.41) is 0. The van der Waals surface area contributed by atoms with E-state index in [1.807, 2.05) is 6.92 Å². The fourth-order valence-corrected chi connectivity index (χ4v) is 1.09. The Balaban J connectivity index is 2.46. The Morgan fingerprint density at radius 2 is 2.33 bits per heavy atom. The van der Waals surface area contributed by atoms with Crippen molar-refractivity contribution >= 4 is 5.71 Å². The van der Waals surface area contributed by atoms with E-state index in [0.29, 0.717) is 0 Å². The van der Waals surface area contributed by atoms with Gasteiger partial charge in [0.1, 0.15) is 0 Å². The monoisotopic (exact) mass is 126 g/mol. The molecule has 9 heavy (non-hydrogen) atoms. The number of rotatable bonds is 1. The molecule has 1 rings (SSSR count). The van der Waals surface area contributed by atoms with Gasteiger partial charge >= 0.3 is 0 Å². The lowest BCUT2D eigenvalue weighted by atomic mass is 10.0. The summed E-state index contributed by atoms with van der Waals surface area (Å²) in [5.74, 6) is 0. The molecule has 1 heterocycles. The van der Waals surface area contributed by atoms with Gasteiger partial charge in [-0.15, -0.1) is 0 Å². The van der Waals surface area contributed by atoms with Crippen molar-refractivity contribution in [2.75, 3.05) is 6.54 Å². The topological polar surface area (TPSA) is 38.4 Å². The number of nitrogens with zero attached hydrogens (tertiary/aromatic N) is 1. The lowest BCUT2D eigenvalue weighted by molar-refractivity contribution is 0.713. The van der Waals surface area contributed by atoms with Gasteiger partial charge in [-0.2, -0.15) is 0 Å². The van der Waals surface area contributed by atoms with E-state index in [1.54, 1.807) is 0 Å². The maximum absolute atomic E-state index is 5.64. The van der Waals surface area contributed by atoms with Crippen molar-refractivity contribution in [1.29, 1.82) is 0 Å². The van der Waals surface area contributed by atoms with Gasteiger partial charge in [0.2, 0.25) is 0 Å². The van der Waals surface area contributed by atoms with Crippen molar-refractivity contribution in [1.82, 2.24) is 0 Å². The third-order valence-electron chi connectivity index (χ3n) is 1.68. The van der Waals surface area contributed by atoms with Crippen LogP contribution in [0.1, 0.15) is 26.2 Å². The van der Waals surface area contributed by atoms with Crippen molar-refractivity contribution in [3.8, 4) is 0 Å². The molecule has 0 radical (unpaired) electrons. The summed E-state index contributed by atoms with van der Waals surface area (Å²) in [6.07, 6.45) is 3.65. The van der Waals surface area contributed by atoms with Crippen LogP contribution in [0.25, 0.3) is 0 Å². The molecule has 0 aromatic rings. The molecule has 0 aromatic heterocycles. The summed E-state index contributed by atoms with van der Waals surface area (Å²) >= 11 is 0. The van der Waals surface area contributed by atoms with Crippen molar-refractivity contribution in [2.45, 2.75) is 32.2 Å². The Morgan fingerprint density at radius 1 is 1.56 bits per heavy atom. The van der Waals surface area contributed by atoms with Crippen LogP contribution in [0.5, 0.6) is 0 Å². The van der Waals surface area contributed by atoms with Crippen molar-refractivity contribution in [3.63, 3.8) is 0 Å². The van der Waals surface area contributed by atoms with Gasteiger partial charge in [0.15, 0.2) is 0 Å². The minimum absolute atomic E-state index is 0.185. The molecule has 0 saturated carbocycles. The number of aliphatic imine (C=N–C) groups is 1. The van der Waals surface area contributed by atoms with Crippen LogP contribution < -0.4 is 5.73 Å². The van der Waals surface area contributed by atoms with E-state index in [9.17, 15) is 0 Å². The summed E-state index contributed by atoms with van der Waals surface area (Å²) in [6, 6.07) is 0.185. The molecule has 0 aromatic carbocycles. The minimum Gasteiger partial charge on any atom is -0.323 e. The molecule has 2 nitrogen and oxygen atoms in total. The van der Waals surface area contributed by atoms with E-state index < -0.39 is 0 Å². The van der Waals surface area contributed by atoms with E-state index >= 15 is 0 Å². The zero-order chi connectivity index (χ0) is 6.69. The van der Waals surface area contributed by atoms with E-state index in [1.165, 1.54) is 18.6 Å². The lowest BCUT2D eigenvalue weighted by Crippen LogP contribution is -2.28. The Bertz CT molecular complexity index is 116. The average Bonchev–Trinajstić information content (AvgIpc) is 1.90. The number of hydrogen-bond donors (Lipinski definition) is 1. The summed E-state index contributed by atoms with van der Waals surface area (Å²) in [5.41, 5.74) is 6.85. The van der Waals surface area contributed by atoms with E-state index in [2.05, 4.69) is 4.99 Å². The Morgan fingerprint density at radius 3 is 2.67 bits per heavy atom. The second-order valence-corrected chi connectivity index (χ2v) is 2.62. The molecule has 1 aliphatic heterocycles. The van der Waals surface area contributed by atoms with E-state index in [0.717, 1.165) is 13.0 Å². The summed E-state index contributed by atoms with van der Waals surface area (Å²) in [7, 11) is 0. The van der Waals surface area contributed by atoms with Gasteiger partial charge in [-0.1, -0.05) is 0 Å². The van der Waals surface area contributed by atoms with Gasteiger partial charge in [-0.25, -0.2) is 0 Å². The van der Waals surface area contributed by atoms with Crippen LogP contribution in [0.2, 0.25) is 0 Å². The first-order valence-electron chi connectivity index (χ1n) is 3.59. The number of hydrogen-bond acceptors (Lipinski definition) is 2. The molecule has 2 N–H and O–H groups in total. The molecule has 1 atom stereocenters. The van der Waals surface area contributed by atoms with Crippen molar-refractivity contribution in [3.05, 3.63) is 0 Å². The highest BCUT2D eigenvalue weighted by Crippen LogP contribution is 2.06. The second-order valence-electron chi connectivity index (χ2n) is 2.62. The maximum Gasteiger partial charge on any atom is 0.0397 e. The smallest absolute Gasteiger partial charge is 0.0397 e. The molecule has 1 unspecified atom stereocenters. The second kappa shape index (κ2) is 2.97. The molecule has 0 spiro atoms. The molecule has 0 bridgehead atoms. The fraction of sp³-hybridized carbons (Fsp3) is 0.857. The van der Waals surface area contributed by atoms with Crippen molar-refractivity contribution in [2.24, 2.45) is 10.7 Å². The highest BCUT2D eigenvalue weighted by Gasteiger charge is 2.07. The Labute approximate surface area is 56.2 Å². The molecule has 52 valence electrons. The van der Waals surface area contributed by atoms with Crippen LogP contribution in [0.3, 0.4) is 0 Å². The first kappa shape index (κ1) is 6.75. The average molecular weight is 126 g/mol. The molecule has 0 aliphatic carbocycles. The largest absolute Gasteiger partial charge is 0.323 e. The van der Waals surface area contributed by atoms with Gasteiger partial charge in [0.25, 0.3) is 0 Å². The zero-order valence-electron chi connectivity index (χ0n) is 5.93. The van der Waals surface area contributed by atoms with Crippen molar-refractivity contribution < 1.29 is 0 Å². The molecule has 0 fully saturated rings. The quantitative estimate of drug-likeness (QED) is 0.558. The van der Waals surface area contributed by atoms with Gasteiger partial charge in [-0.05, 0) is 26.2 Å². The first-order valence-corrected chi connectivity index (χ1v) is 3.59. The summed E-state index contributed by atoms with van der Waals surface area (Å²) in [4.78, 5) is 4.32. The first-order chi connectivity index (χ1) is 4.30. The van der Waals surface area contributed by atoms with Gasteiger partial charge in [0, 0.05) is 18.3 Å². The predicted octanol–water partition coefficient (Wildman–Crippen LogP) is 0.959. The third-order valence-corrected chi connectivity index (χ3v) is 1.68. The summed E-state index contributed by atoms with van der Waals surface area (Å²) < 4.78 is 0. The SMILES string of the molecule is CC(N)C1=NCCCC1. The minimum atomic E-state index is 0.185. The van der Waals surface area contributed by atoms with Gasteiger partial charge in [-0.3, -0.25) is 4.99 Å². The van der Waals surface area contributed by atoms with Crippen LogP contribution in [-0.2, 0) is 0 Å². The van der Waals surface area contributed by atoms with Crippen LogP contribution in [0, 0.1) is 0 Å².